The van der Waals surface area contributed by atoms with Crippen molar-refractivity contribution in [3.8, 4) is 0 Å². The first kappa shape index (κ1) is 19.9. The summed E-state index contributed by atoms with van der Waals surface area (Å²) < 4.78 is 0.991. The van der Waals surface area contributed by atoms with Gasteiger partial charge in [-0.15, -0.1) is 0 Å². The maximum Gasteiger partial charge on any atom is 0.229 e. The molecule has 0 spiro atoms. The Morgan fingerprint density at radius 1 is 1.07 bits per heavy atom. The Kier molecular flexibility index (Phi) is 6.46. The molecule has 1 N–H and O–H groups in total. The number of aromatic nitrogens is 2. The van der Waals surface area contributed by atoms with Crippen molar-refractivity contribution in [3.63, 3.8) is 0 Å². The van der Waals surface area contributed by atoms with Gasteiger partial charge < -0.3 is 10.2 Å². The molecule has 29 heavy (non-hydrogen) atoms. The van der Waals surface area contributed by atoms with E-state index in [1.54, 1.807) is 24.2 Å². The van der Waals surface area contributed by atoms with Crippen LogP contribution < -0.4 is 10.2 Å². The molecule has 0 saturated carbocycles. The lowest BCUT2D eigenvalue weighted by molar-refractivity contribution is -0.120. The molecule has 7 heteroatoms. The molecule has 1 atom stereocenters. The fraction of sp³-hybridized carbons (Fsp3) is 0.227. The van der Waals surface area contributed by atoms with Gasteiger partial charge in [-0.1, -0.05) is 45.9 Å². The number of carbonyl (C=O) groups excluding carboxylic acids is 1. The van der Waals surface area contributed by atoms with Crippen molar-refractivity contribution >= 4 is 45.1 Å². The zero-order chi connectivity index (χ0) is 20.1. The summed E-state index contributed by atoms with van der Waals surface area (Å²) in [5.74, 6) is 0.824. The molecule has 5 nitrogen and oxygen atoms in total. The Morgan fingerprint density at radius 3 is 2.62 bits per heavy atom. The molecule has 0 aliphatic carbocycles. The molecular formula is C22H21BrN4OS. The number of benzene rings is 2. The van der Waals surface area contributed by atoms with Gasteiger partial charge in [0.1, 0.15) is 5.03 Å². The van der Waals surface area contributed by atoms with Crippen LogP contribution in [0.1, 0.15) is 12.8 Å². The van der Waals surface area contributed by atoms with Crippen LogP contribution in [0.2, 0.25) is 0 Å². The van der Waals surface area contributed by atoms with Gasteiger partial charge in [0.05, 0.1) is 5.92 Å². The van der Waals surface area contributed by atoms with Gasteiger partial charge in [0, 0.05) is 40.5 Å². The molecule has 1 aliphatic rings. The number of carbonyl (C=O) groups is 1. The molecule has 3 aromatic rings. The van der Waals surface area contributed by atoms with Crippen LogP contribution in [0.25, 0.3) is 0 Å². The molecule has 2 heterocycles. The molecule has 148 valence electrons. The summed E-state index contributed by atoms with van der Waals surface area (Å²) in [4.78, 5) is 25.3. The third kappa shape index (κ3) is 5.16. The lowest BCUT2D eigenvalue weighted by Gasteiger charge is -2.33. The van der Waals surface area contributed by atoms with Crippen molar-refractivity contribution < 1.29 is 4.79 Å². The lowest BCUT2D eigenvalue weighted by Crippen LogP contribution is -2.41. The number of amides is 1. The van der Waals surface area contributed by atoms with Crippen molar-refractivity contribution in [2.45, 2.75) is 22.8 Å². The van der Waals surface area contributed by atoms with E-state index in [9.17, 15) is 4.79 Å². The fourth-order valence-electron chi connectivity index (χ4n) is 3.37. The van der Waals surface area contributed by atoms with Crippen molar-refractivity contribution in [1.82, 2.24) is 9.97 Å². The largest absolute Gasteiger partial charge is 0.354 e. The van der Waals surface area contributed by atoms with Gasteiger partial charge >= 0.3 is 0 Å². The Bertz CT molecular complexity index is 968. The minimum Gasteiger partial charge on any atom is -0.354 e. The average Bonchev–Trinajstić information content (AvgIpc) is 2.76. The van der Waals surface area contributed by atoms with Gasteiger partial charge in [0.2, 0.25) is 5.91 Å². The maximum atomic E-state index is 12.8. The smallest absolute Gasteiger partial charge is 0.229 e. The molecule has 1 aliphatic heterocycles. The average molecular weight is 469 g/mol. The first-order chi connectivity index (χ1) is 14.2. The van der Waals surface area contributed by atoms with Crippen LogP contribution in [0, 0.1) is 5.92 Å². The summed E-state index contributed by atoms with van der Waals surface area (Å²) in [6.07, 6.45) is 5.26. The van der Waals surface area contributed by atoms with Crippen LogP contribution in [0.15, 0.2) is 81.4 Å². The number of halogens is 1. The number of hydrogen-bond acceptors (Lipinski definition) is 5. The summed E-state index contributed by atoms with van der Waals surface area (Å²) in [5, 5.41) is 3.91. The van der Waals surface area contributed by atoms with Crippen molar-refractivity contribution in [2.75, 3.05) is 23.3 Å². The van der Waals surface area contributed by atoms with E-state index in [1.165, 1.54) is 0 Å². The van der Waals surface area contributed by atoms with Gasteiger partial charge in [-0.25, -0.2) is 9.97 Å². The second kappa shape index (κ2) is 9.41. The van der Waals surface area contributed by atoms with Gasteiger partial charge in [-0.2, -0.15) is 0 Å². The summed E-state index contributed by atoms with van der Waals surface area (Å²) in [7, 11) is 0. The first-order valence-corrected chi connectivity index (χ1v) is 11.2. The van der Waals surface area contributed by atoms with E-state index in [0.29, 0.717) is 6.54 Å². The maximum absolute atomic E-state index is 12.8. The molecule has 1 saturated heterocycles. The molecule has 4 rings (SSSR count). The molecule has 1 fully saturated rings. The Hall–Kier alpha value is -2.38. The highest BCUT2D eigenvalue weighted by Crippen LogP contribution is 2.34. The van der Waals surface area contributed by atoms with Crippen molar-refractivity contribution in [1.29, 1.82) is 0 Å². The van der Waals surface area contributed by atoms with Crippen molar-refractivity contribution in [3.05, 3.63) is 71.5 Å². The van der Waals surface area contributed by atoms with E-state index in [-0.39, 0.29) is 11.8 Å². The highest BCUT2D eigenvalue weighted by molar-refractivity contribution is 9.10. The Balaban J connectivity index is 1.47. The molecule has 1 unspecified atom stereocenters. The summed E-state index contributed by atoms with van der Waals surface area (Å²) in [6, 6.07) is 17.8. The van der Waals surface area contributed by atoms with Crippen LogP contribution in [-0.4, -0.2) is 29.0 Å². The Morgan fingerprint density at radius 2 is 1.83 bits per heavy atom. The van der Waals surface area contributed by atoms with Gasteiger partial charge in [-0.05, 0) is 49.2 Å². The number of nitrogens with zero attached hydrogens (tertiary/aromatic N) is 3. The number of rotatable bonds is 5. The molecular weight excluding hydrogens is 448 g/mol. The van der Waals surface area contributed by atoms with Gasteiger partial charge in [0.25, 0.3) is 0 Å². The molecule has 0 bridgehead atoms. The van der Waals surface area contributed by atoms with Crippen molar-refractivity contribution in [2.24, 2.45) is 5.92 Å². The van der Waals surface area contributed by atoms with E-state index in [4.69, 9.17) is 0 Å². The SMILES string of the molecule is O=C(Nc1ccc(Br)cc1)C1CCCN(c2nccnc2Sc2ccccc2)C1. The Labute approximate surface area is 183 Å². The molecule has 1 amide bonds. The minimum atomic E-state index is -0.0796. The monoisotopic (exact) mass is 468 g/mol. The van der Waals surface area contributed by atoms with E-state index >= 15 is 0 Å². The summed E-state index contributed by atoms with van der Waals surface area (Å²) >= 11 is 5.02. The van der Waals surface area contributed by atoms with E-state index in [1.807, 2.05) is 42.5 Å². The van der Waals surface area contributed by atoms with E-state index in [0.717, 1.165) is 45.3 Å². The number of nitrogens with one attached hydrogen (secondary N) is 1. The number of hydrogen-bond donors (Lipinski definition) is 1. The molecule has 1 aromatic heterocycles. The third-order valence-corrected chi connectivity index (χ3v) is 6.33. The quantitative estimate of drug-likeness (QED) is 0.554. The van der Waals surface area contributed by atoms with Gasteiger partial charge in [-0.3, -0.25) is 4.79 Å². The predicted octanol–water partition coefficient (Wildman–Crippen LogP) is 5.25. The normalized spacial score (nSPS) is 16.4. The van der Waals surface area contributed by atoms with E-state index < -0.39 is 0 Å². The van der Waals surface area contributed by atoms with Crippen LogP contribution in [0.5, 0.6) is 0 Å². The number of anilines is 2. The summed E-state index contributed by atoms with van der Waals surface area (Å²) in [6.45, 7) is 1.52. The second-order valence-electron chi connectivity index (χ2n) is 6.88. The van der Waals surface area contributed by atoms with Crippen LogP contribution in [0.3, 0.4) is 0 Å². The van der Waals surface area contributed by atoms with Gasteiger partial charge in [0.15, 0.2) is 5.82 Å². The first-order valence-electron chi connectivity index (χ1n) is 9.54. The zero-order valence-corrected chi connectivity index (χ0v) is 18.2. The zero-order valence-electron chi connectivity index (χ0n) is 15.8. The fourth-order valence-corrected chi connectivity index (χ4v) is 4.54. The van der Waals surface area contributed by atoms with Crippen LogP contribution in [0.4, 0.5) is 11.5 Å². The standard InChI is InChI=1S/C22H21BrN4OS/c23-17-8-10-18(11-9-17)26-21(28)16-5-4-14-27(15-16)20-22(25-13-12-24-20)29-19-6-2-1-3-7-19/h1-3,6-13,16H,4-5,14-15H2,(H,26,28). The lowest BCUT2D eigenvalue weighted by atomic mass is 9.97. The minimum absolute atomic E-state index is 0.0539. The summed E-state index contributed by atoms with van der Waals surface area (Å²) in [5.41, 5.74) is 0.815. The highest BCUT2D eigenvalue weighted by atomic mass is 79.9. The van der Waals surface area contributed by atoms with Crippen LogP contribution >= 0.6 is 27.7 Å². The number of piperidine rings is 1. The highest BCUT2D eigenvalue weighted by Gasteiger charge is 2.28. The van der Waals surface area contributed by atoms with E-state index in [2.05, 4.69) is 48.2 Å². The molecule has 0 radical (unpaired) electrons. The second-order valence-corrected chi connectivity index (χ2v) is 8.86. The predicted molar refractivity (Wildman–Crippen MR) is 120 cm³/mol. The topological polar surface area (TPSA) is 58.1 Å². The third-order valence-electron chi connectivity index (χ3n) is 4.81. The molecule has 2 aromatic carbocycles. The van der Waals surface area contributed by atoms with Crippen LogP contribution in [-0.2, 0) is 4.79 Å².